The predicted molar refractivity (Wildman–Crippen MR) is 79.5 cm³/mol. The van der Waals surface area contributed by atoms with Crippen LogP contribution in [-0.2, 0) is 0 Å². The standard InChI is InChI=1S/C16H35N/c1-15(2)13-11-9-7-6-8-10-12-14-17-16(3,4)5/h15,17H,6-14H2,1-5H3. The van der Waals surface area contributed by atoms with Gasteiger partial charge in [-0.1, -0.05) is 58.8 Å². The van der Waals surface area contributed by atoms with Crippen molar-refractivity contribution in [2.45, 2.75) is 91.5 Å². The van der Waals surface area contributed by atoms with E-state index in [0.717, 1.165) is 5.92 Å². The summed E-state index contributed by atoms with van der Waals surface area (Å²) in [4.78, 5) is 0. The molecule has 17 heavy (non-hydrogen) atoms. The Balaban J connectivity index is 3.04. The zero-order valence-electron chi connectivity index (χ0n) is 12.9. The minimum atomic E-state index is 0.289. The zero-order chi connectivity index (χ0) is 13.1. The van der Waals surface area contributed by atoms with E-state index in [9.17, 15) is 0 Å². The summed E-state index contributed by atoms with van der Waals surface area (Å²) >= 11 is 0. The van der Waals surface area contributed by atoms with E-state index in [1.54, 1.807) is 0 Å². The van der Waals surface area contributed by atoms with E-state index in [2.05, 4.69) is 39.9 Å². The SMILES string of the molecule is CC(C)CCCCCCCCCNC(C)(C)C. The molecule has 0 spiro atoms. The van der Waals surface area contributed by atoms with Gasteiger partial charge in [-0.05, 0) is 39.7 Å². The summed E-state index contributed by atoms with van der Waals surface area (Å²) in [7, 11) is 0. The van der Waals surface area contributed by atoms with E-state index in [0.29, 0.717) is 0 Å². The molecule has 0 atom stereocenters. The van der Waals surface area contributed by atoms with Crippen LogP contribution in [0.2, 0.25) is 0 Å². The average molecular weight is 241 g/mol. The van der Waals surface area contributed by atoms with Crippen LogP contribution in [-0.4, -0.2) is 12.1 Å². The first-order valence-electron chi connectivity index (χ1n) is 7.67. The molecule has 0 aromatic heterocycles. The van der Waals surface area contributed by atoms with Crippen molar-refractivity contribution < 1.29 is 0 Å². The Bertz CT molecular complexity index is 155. The summed E-state index contributed by atoms with van der Waals surface area (Å²) in [5.74, 6) is 0.887. The maximum absolute atomic E-state index is 3.55. The summed E-state index contributed by atoms with van der Waals surface area (Å²) in [6, 6.07) is 0. The molecule has 0 aliphatic rings. The van der Waals surface area contributed by atoms with Crippen LogP contribution in [0.3, 0.4) is 0 Å². The van der Waals surface area contributed by atoms with E-state index in [1.165, 1.54) is 57.9 Å². The zero-order valence-corrected chi connectivity index (χ0v) is 12.9. The summed E-state index contributed by atoms with van der Waals surface area (Å²) in [6.45, 7) is 12.5. The molecule has 0 amide bonds. The molecular formula is C16H35N. The molecule has 1 nitrogen and oxygen atoms in total. The van der Waals surface area contributed by atoms with Crippen molar-refractivity contribution in [3.63, 3.8) is 0 Å². The first-order chi connectivity index (χ1) is 7.92. The van der Waals surface area contributed by atoms with Gasteiger partial charge in [-0.25, -0.2) is 0 Å². The Hall–Kier alpha value is -0.0400. The first kappa shape index (κ1) is 17.0. The van der Waals surface area contributed by atoms with Gasteiger partial charge in [0.15, 0.2) is 0 Å². The molecule has 1 N–H and O–H groups in total. The van der Waals surface area contributed by atoms with Gasteiger partial charge in [0, 0.05) is 5.54 Å². The van der Waals surface area contributed by atoms with E-state index < -0.39 is 0 Å². The molecule has 0 saturated heterocycles. The van der Waals surface area contributed by atoms with Crippen molar-refractivity contribution in [3.8, 4) is 0 Å². The number of rotatable bonds is 10. The van der Waals surface area contributed by atoms with Gasteiger partial charge in [0.25, 0.3) is 0 Å². The summed E-state index contributed by atoms with van der Waals surface area (Å²) in [5.41, 5.74) is 0.289. The van der Waals surface area contributed by atoms with Crippen LogP contribution >= 0.6 is 0 Å². The Morgan fingerprint density at radius 3 is 1.71 bits per heavy atom. The van der Waals surface area contributed by atoms with E-state index in [-0.39, 0.29) is 5.54 Å². The molecule has 0 aliphatic heterocycles. The maximum atomic E-state index is 3.55. The van der Waals surface area contributed by atoms with E-state index >= 15 is 0 Å². The van der Waals surface area contributed by atoms with Crippen LogP contribution in [0, 0.1) is 5.92 Å². The number of unbranched alkanes of at least 4 members (excludes halogenated alkanes) is 6. The fraction of sp³-hybridized carbons (Fsp3) is 1.00. The molecule has 0 aliphatic carbocycles. The average Bonchev–Trinajstić information content (AvgIpc) is 2.18. The van der Waals surface area contributed by atoms with Gasteiger partial charge >= 0.3 is 0 Å². The normalized spacial score (nSPS) is 12.4. The molecule has 0 radical (unpaired) electrons. The van der Waals surface area contributed by atoms with Gasteiger partial charge in [0.05, 0.1) is 0 Å². The smallest absolute Gasteiger partial charge is 0.00965 e. The van der Waals surface area contributed by atoms with Gasteiger partial charge in [0.2, 0.25) is 0 Å². The monoisotopic (exact) mass is 241 g/mol. The molecule has 0 saturated carbocycles. The highest BCUT2D eigenvalue weighted by molar-refractivity contribution is 4.69. The third-order valence-corrected chi connectivity index (χ3v) is 3.11. The quantitative estimate of drug-likeness (QED) is 0.521. The molecule has 0 aromatic carbocycles. The van der Waals surface area contributed by atoms with Gasteiger partial charge in [-0.2, -0.15) is 0 Å². The Kier molecular flexibility index (Phi) is 9.91. The third kappa shape index (κ3) is 16.0. The van der Waals surface area contributed by atoms with Crippen LogP contribution in [0.15, 0.2) is 0 Å². The molecular weight excluding hydrogens is 206 g/mol. The van der Waals surface area contributed by atoms with Crippen molar-refractivity contribution >= 4 is 0 Å². The highest BCUT2D eigenvalue weighted by Gasteiger charge is 2.06. The van der Waals surface area contributed by atoms with Gasteiger partial charge in [-0.3, -0.25) is 0 Å². The molecule has 1 heteroatoms. The summed E-state index contributed by atoms with van der Waals surface area (Å²) in [6.07, 6.45) is 11.3. The lowest BCUT2D eigenvalue weighted by atomic mass is 10.0. The highest BCUT2D eigenvalue weighted by atomic mass is 14.9. The van der Waals surface area contributed by atoms with Crippen molar-refractivity contribution in [2.75, 3.05) is 6.54 Å². The van der Waals surface area contributed by atoms with Crippen LogP contribution in [0.1, 0.15) is 86.0 Å². The van der Waals surface area contributed by atoms with Crippen LogP contribution < -0.4 is 5.32 Å². The second-order valence-electron chi connectivity index (χ2n) is 6.83. The molecule has 104 valence electrons. The van der Waals surface area contributed by atoms with Crippen molar-refractivity contribution in [1.82, 2.24) is 5.32 Å². The molecule has 0 bridgehead atoms. The topological polar surface area (TPSA) is 12.0 Å². The first-order valence-corrected chi connectivity index (χ1v) is 7.67. The van der Waals surface area contributed by atoms with Crippen LogP contribution in [0.25, 0.3) is 0 Å². The summed E-state index contributed by atoms with van der Waals surface area (Å²) in [5, 5.41) is 3.55. The molecule has 0 heterocycles. The lowest BCUT2D eigenvalue weighted by Crippen LogP contribution is -2.36. The third-order valence-electron chi connectivity index (χ3n) is 3.11. The van der Waals surface area contributed by atoms with E-state index in [1.807, 2.05) is 0 Å². The second-order valence-corrected chi connectivity index (χ2v) is 6.83. The fourth-order valence-corrected chi connectivity index (χ4v) is 2.02. The Morgan fingerprint density at radius 1 is 0.765 bits per heavy atom. The number of hydrogen-bond donors (Lipinski definition) is 1. The lowest BCUT2D eigenvalue weighted by molar-refractivity contribution is 0.414. The van der Waals surface area contributed by atoms with Crippen molar-refractivity contribution in [2.24, 2.45) is 5.92 Å². The van der Waals surface area contributed by atoms with Gasteiger partial charge < -0.3 is 5.32 Å². The van der Waals surface area contributed by atoms with Crippen molar-refractivity contribution in [3.05, 3.63) is 0 Å². The number of nitrogens with one attached hydrogen (secondary N) is 1. The maximum Gasteiger partial charge on any atom is 0.00965 e. The highest BCUT2D eigenvalue weighted by Crippen LogP contribution is 2.12. The van der Waals surface area contributed by atoms with Gasteiger partial charge in [-0.15, -0.1) is 0 Å². The molecule has 0 fully saturated rings. The Labute approximate surface area is 110 Å². The molecule has 0 aromatic rings. The van der Waals surface area contributed by atoms with E-state index in [4.69, 9.17) is 0 Å². The largest absolute Gasteiger partial charge is 0.312 e. The predicted octanol–water partition coefficient (Wildman–Crippen LogP) is 5.15. The van der Waals surface area contributed by atoms with Crippen LogP contribution in [0.5, 0.6) is 0 Å². The molecule has 0 rings (SSSR count). The molecule has 0 unspecified atom stereocenters. The van der Waals surface area contributed by atoms with Crippen molar-refractivity contribution in [1.29, 1.82) is 0 Å². The number of hydrogen-bond acceptors (Lipinski definition) is 1. The minimum absolute atomic E-state index is 0.289. The van der Waals surface area contributed by atoms with Gasteiger partial charge in [0.1, 0.15) is 0 Å². The summed E-state index contributed by atoms with van der Waals surface area (Å²) < 4.78 is 0. The van der Waals surface area contributed by atoms with Crippen LogP contribution in [0.4, 0.5) is 0 Å². The lowest BCUT2D eigenvalue weighted by Gasteiger charge is -2.20. The Morgan fingerprint density at radius 2 is 1.24 bits per heavy atom. The minimum Gasteiger partial charge on any atom is -0.312 e. The second kappa shape index (κ2) is 9.94. The fourth-order valence-electron chi connectivity index (χ4n) is 2.02.